The Morgan fingerprint density at radius 3 is 2.64 bits per heavy atom. The van der Waals surface area contributed by atoms with E-state index in [-0.39, 0.29) is 23.9 Å². The van der Waals surface area contributed by atoms with Crippen LogP contribution in [0, 0.1) is 17.3 Å². The third kappa shape index (κ3) is 3.24. The molecule has 0 radical (unpaired) electrons. The van der Waals surface area contributed by atoms with E-state index in [1.165, 1.54) is 12.0 Å². The minimum Gasteiger partial charge on any atom is -0.456 e. The Morgan fingerprint density at radius 2 is 1.89 bits per heavy atom. The van der Waals surface area contributed by atoms with E-state index >= 15 is 0 Å². The number of hydrogen-bond donors (Lipinski definition) is 1. The lowest BCUT2D eigenvalue weighted by atomic mass is 9.47. The number of fused-ring (bicyclic) bond motifs is 1. The van der Waals surface area contributed by atoms with Crippen molar-refractivity contribution >= 4 is 17.6 Å². The van der Waals surface area contributed by atoms with E-state index in [1.807, 2.05) is 18.2 Å². The van der Waals surface area contributed by atoms with Crippen LogP contribution in [0.15, 0.2) is 24.3 Å². The summed E-state index contributed by atoms with van der Waals surface area (Å²) in [5.74, 6) is 0.657. The van der Waals surface area contributed by atoms with Crippen LogP contribution in [0.5, 0.6) is 0 Å². The van der Waals surface area contributed by atoms with Crippen LogP contribution in [0.3, 0.4) is 0 Å². The average molecular weight is 383 g/mol. The molecule has 150 valence electrons. The second-order valence-corrected chi connectivity index (χ2v) is 9.80. The molecule has 1 aromatic rings. The van der Waals surface area contributed by atoms with Crippen molar-refractivity contribution in [2.24, 2.45) is 17.3 Å². The molecule has 28 heavy (non-hydrogen) atoms. The SMILES string of the molecule is O=C(CC12C[C@@H]3C[C@@H](CC(O)(C3)C1)C2)OCC(=O)N1CCCc2ccccc21. The van der Waals surface area contributed by atoms with E-state index in [0.29, 0.717) is 24.8 Å². The fraction of sp³-hybridized carbons (Fsp3) is 0.652. The van der Waals surface area contributed by atoms with Crippen LogP contribution in [0.25, 0.3) is 0 Å². The molecule has 5 nitrogen and oxygen atoms in total. The number of amides is 1. The van der Waals surface area contributed by atoms with Gasteiger partial charge in [0, 0.05) is 12.2 Å². The molecule has 1 amide bonds. The zero-order chi connectivity index (χ0) is 19.4. The summed E-state index contributed by atoms with van der Waals surface area (Å²) in [4.78, 5) is 27.0. The fourth-order valence-corrected chi connectivity index (χ4v) is 6.98. The number of aryl methyl sites for hydroxylation is 1. The predicted octanol–water partition coefficient (Wildman–Crippen LogP) is 3.23. The third-order valence-electron chi connectivity index (χ3n) is 7.44. The summed E-state index contributed by atoms with van der Waals surface area (Å²) >= 11 is 0. The van der Waals surface area contributed by atoms with Crippen LogP contribution in [0.2, 0.25) is 0 Å². The highest BCUT2D eigenvalue weighted by Gasteiger charge is 2.57. The van der Waals surface area contributed by atoms with Crippen LogP contribution in [0.1, 0.15) is 56.9 Å². The number of carbonyl (C=O) groups is 2. The van der Waals surface area contributed by atoms with E-state index in [1.54, 1.807) is 4.90 Å². The molecule has 0 spiro atoms. The van der Waals surface area contributed by atoms with Gasteiger partial charge in [0.25, 0.3) is 5.91 Å². The van der Waals surface area contributed by atoms with Crippen LogP contribution in [-0.2, 0) is 20.7 Å². The number of carbonyl (C=O) groups excluding carboxylic acids is 2. The van der Waals surface area contributed by atoms with Crippen molar-refractivity contribution in [2.75, 3.05) is 18.1 Å². The highest BCUT2D eigenvalue weighted by molar-refractivity contribution is 5.96. The molecule has 0 aromatic heterocycles. The largest absolute Gasteiger partial charge is 0.456 e. The number of anilines is 1. The Balaban J connectivity index is 1.20. The number of rotatable bonds is 4. The molecular formula is C23H29NO4. The average Bonchev–Trinajstić information content (AvgIpc) is 2.63. The molecule has 1 N–H and O–H groups in total. The van der Waals surface area contributed by atoms with Crippen LogP contribution >= 0.6 is 0 Å². The molecule has 4 atom stereocenters. The van der Waals surface area contributed by atoms with Crippen LogP contribution in [-0.4, -0.2) is 35.7 Å². The smallest absolute Gasteiger partial charge is 0.306 e. The summed E-state index contributed by atoms with van der Waals surface area (Å²) < 4.78 is 5.43. The van der Waals surface area contributed by atoms with Gasteiger partial charge in [-0.05, 0) is 80.2 Å². The number of nitrogens with zero attached hydrogens (tertiary/aromatic N) is 1. The van der Waals surface area contributed by atoms with E-state index in [0.717, 1.165) is 50.6 Å². The number of hydrogen-bond acceptors (Lipinski definition) is 4. The van der Waals surface area contributed by atoms with Gasteiger partial charge in [0.2, 0.25) is 0 Å². The summed E-state index contributed by atoms with van der Waals surface area (Å²) in [5.41, 5.74) is 1.43. The van der Waals surface area contributed by atoms with Crippen molar-refractivity contribution < 1.29 is 19.4 Å². The lowest BCUT2D eigenvalue weighted by Gasteiger charge is -2.60. The predicted molar refractivity (Wildman–Crippen MR) is 105 cm³/mol. The van der Waals surface area contributed by atoms with E-state index in [9.17, 15) is 14.7 Å². The Kier molecular flexibility index (Phi) is 4.27. The maximum atomic E-state index is 12.7. The van der Waals surface area contributed by atoms with Gasteiger partial charge in [-0.1, -0.05) is 18.2 Å². The van der Waals surface area contributed by atoms with Gasteiger partial charge in [-0.3, -0.25) is 9.59 Å². The first-order valence-electron chi connectivity index (χ1n) is 10.7. The molecule has 5 aliphatic rings. The fourth-order valence-electron chi connectivity index (χ4n) is 6.98. The lowest BCUT2D eigenvalue weighted by molar-refractivity contribution is -0.177. The zero-order valence-corrected chi connectivity index (χ0v) is 16.4. The number of esters is 1. The van der Waals surface area contributed by atoms with Crippen molar-refractivity contribution in [3.05, 3.63) is 29.8 Å². The molecule has 1 aromatic carbocycles. The molecule has 0 saturated heterocycles. The van der Waals surface area contributed by atoms with Crippen LogP contribution in [0.4, 0.5) is 5.69 Å². The first-order valence-corrected chi connectivity index (χ1v) is 10.7. The topological polar surface area (TPSA) is 66.8 Å². The van der Waals surface area contributed by atoms with Gasteiger partial charge in [-0.2, -0.15) is 0 Å². The minimum absolute atomic E-state index is 0.114. The number of ether oxygens (including phenoxy) is 1. The van der Waals surface area contributed by atoms with E-state index in [2.05, 4.69) is 6.07 Å². The van der Waals surface area contributed by atoms with Gasteiger partial charge in [0.05, 0.1) is 12.0 Å². The second kappa shape index (κ2) is 6.58. The van der Waals surface area contributed by atoms with Gasteiger partial charge in [0.1, 0.15) is 0 Å². The molecular weight excluding hydrogens is 354 g/mol. The quantitative estimate of drug-likeness (QED) is 0.811. The first kappa shape index (κ1) is 18.2. The number of para-hydroxylation sites is 1. The summed E-state index contributed by atoms with van der Waals surface area (Å²) in [6, 6.07) is 7.95. The van der Waals surface area contributed by atoms with Crippen molar-refractivity contribution in [1.29, 1.82) is 0 Å². The summed E-state index contributed by atoms with van der Waals surface area (Å²) in [5, 5.41) is 10.8. The summed E-state index contributed by atoms with van der Waals surface area (Å²) in [6.45, 7) is 0.480. The van der Waals surface area contributed by atoms with E-state index < -0.39 is 5.60 Å². The van der Waals surface area contributed by atoms with Crippen molar-refractivity contribution in [3.8, 4) is 0 Å². The Labute approximate surface area is 166 Å². The molecule has 4 fully saturated rings. The molecule has 2 unspecified atom stereocenters. The molecule has 5 heteroatoms. The van der Waals surface area contributed by atoms with Gasteiger partial charge in [0.15, 0.2) is 6.61 Å². The van der Waals surface area contributed by atoms with Crippen molar-refractivity contribution in [1.82, 2.24) is 0 Å². The van der Waals surface area contributed by atoms with Gasteiger partial charge >= 0.3 is 5.97 Å². The van der Waals surface area contributed by atoms with Gasteiger partial charge < -0.3 is 14.7 Å². The van der Waals surface area contributed by atoms with Gasteiger partial charge in [-0.25, -0.2) is 0 Å². The zero-order valence-electron chi connectivity index (χ0n) is 16.4. The third-order valence-corrected chi connectivity index (χ3v) is 7.44. The highest BCUT2D eigenvalue weighted by atomic mass is 16.5. The first-order chi connectivity index (χ1) is 13.4. The molecule has 1 heterocycles. The highest BCUT2D eigenvalue weighted by Crippen LogP contribution is 2.62. The van der Waals surface area contributed by atoms with Crippen molar-refractivity contribution in [2.45, 2.75) is 63.4 Å². The maximum absolute atomic E-state index is 12.7. The standard InChI is InChI=1S/C23H29NO4/c25-20(24-7-3-5-18-4-1-2-6-19(18)24)14-28-21(26)13-22-9-16-8-17(10-22)12-23(27,11-16)15-22/h1-2,4,6,16-17,27H,3,5,7-15H2/t16-,17+,22?,23?. The van der Waals surface area contributed by atoms with Crippen molar-refractivity contribution in [3.63, 3.8) is 0 Å². The van der Waals surface area contributed by atoms with Crippen LogP contribution < -0.4 is 4.90 Å². The molecule has 6 rings (SSSR count). The monoisotopic (exact) mass is 383 g/mol. The number of benzene rings is 1. The summed E-state index contributed by atoms with van der Waals surface area (Å²) in [7, 11) is 0. The molecule has 1 aliphatic heterocycles. The summed E-state index contributed by atoms with van der Waals surface area (Å²) in [6.07, 6.45) is 8.01. The molecule has 4 saturated carbocycles. The lowest BCUT2D eigenvalue weighted by Crippen LogP contribution is -2.56. The Morgan fingerprint density at radius 1 is 1.14 bits per heavy atom. The Hall–Kier alpha value is -1.88. The van der Waals surface area contributed by atoms with E-state index in [4.69, 9.17) is 4.74 Å². The molecule has 4 aliphatic carbocycles. The maximum Gasteiger partial charge on any atom is 0.306 e. The Bertz CT molecular complexity index is 790. The van der Waals surface area contributed by atoms with Gasteiger partial charge in [-0.15, -0.1) is 0 Å². The minimum atomic E-state index is -0.572. The number of aliphatic hydroxyl groups is 1. The molecule has 4 bridgehead atoms. The normalized spacial score (nSPS) is 35.5. The second-order valence-electron chi connectivity index (χ2n) is 9.80.